The Morgan fingerprint density at radius 3 is 1.06 bits per heavy atom. The van der Waals surface area contributed by atoms with Crippen LogP contribution < -0.4 is 0 Å². The van der Waals surface area contributed by atoms with Crippen LogP contribution in [0, 0.1) is 11.8 Å². The van der Waals surface area contributed by atoms with Crippen LogP contribution in [0.2, 0.25) is 0 Å². The number of hydrogen-bond acceptors (Lipinski definition) is 4. The molecule has 94 valence electrons. The monoisotopic (exact) mass is 234 g/mol. The normalized spacial score (nSPS) is 19.2. The van der Waals surface area contributed by atoms with Crippen molar-refractivity contribution in [3.63, 3.8) is 0 Å². The van der Waals surface area contributed by atoms with Gasteiger partial charge in [-0.1, -0.05) is 27.7 Å². The van der Waals surface area contributed by atoms with E-state index in [9.17, 15) is 19.8 Å². The summed E-state index contributed by atoms with van der Waals surface area (Å²) in [7, 11) is 0. The van der Waals surface area contributed by atoms with Gasteiger partial charge in [0.05, 0.1) is 0 Å². The van der Waals surface area contributed by atoms with Gasteiger partial charge in [-0.2, -0.15) is 0 Å². The SMILES string of the molecule is CC(C)C(O)(C(=O)O)C(O)(C(=O)O)C(C)C. The molecule has 0 fully saturated rings. The van der Waals surface area contributed by atoms with Gasteiger partial charge in [0.15, 0.2) is 0 Å². The number of aliphatic hydroxyl groups is 2. The van der Waals surface area contributed by atoms with Gasteiger partial charge in [-0.15, -0.1) is 0 Å². The number of hydrogen-bond donors (Lipinski definition) is 4. The van der Waals surface area contributed by atoms with Gasteiger partial charge in [0, 0.05) is 0 Å². The topological polar surface area (TPSA) is 115 Å². The second-order valence-electron chi connectivity index (χ2n) is 4.45. The Kier molecular flexibility index (Phi) is 4.07. The van der Waals surface area contributed by atoms with Crippen molar-refractivity contribution in [2.45, 2.75) is 38.9 Å². The molecular weight excluding hydrogens is 216 g/mol. The lowest BCUT2D eigenvalue weighted by Gasteiger charge is -2.42. The summed E-state index contributed by atoms with van der Waals surface area (Å²) in [6.07, 6.45) is 0. The molecule has 16 heavy (non-hydrogen) atoms. The zero-order valence-electron chi connectivity index (χ0n) is 9.76. The van der Waals surface area contributed by atoms with E-state index in [1.807, 2.05) is 0 Å². The molecule has 2 unspecified atom stereocenters. The van der Waals surface area contributed by atoms with E-state index in [1.165, 1.54) is 27.7 Å². The molecule has 2 atom stereocenters. The summed E-state index contributed by atoms with van der Waals surface area (Å²) in [4.78, 5) is 22.1. The maximum Gasteiger partial charge on any atom is 0.339 e. The lowest BCUT2D eigenvalue weighted by atomic mass is 9.69. The van der Waals surface area contributed by atoms with Crippen LogP contribution >= 0.6 is 0 Å². The van der Waals surface area contributed by atoms with Crippen LogP contribution in [0.4, 0.5) is 0 Å². The molecule has 4 N–H and O–H groups in total. The molecular formula is C10H18O6. The summed E-state index contributed by atoms with van der Waals surface area (Å²) in [5, 5.41) is 37.9. The third-order valence-electron chi connectivity index (χ3n) is 2.90. The highest BCUT2D eigenvalue weighted by molar-refractivity contribution is 5.91. The van der Waals surface area contributed by atoms with Crippen molar-refractivity contribution in [3.05, 3.63) is 0 Å². The fourth-order valence-corrected chi connectivity index (χ4v) is 1.70. The number of rotatable bonds is 5. The van der Waals surface area contributed by atoms with Crippen molar-refractivity contribution in [1.29, 1.82) is 0 Å². The molecule has 0 saturated heterocycles. The molecule has 0 bridgehead atoms. The quantitative estimate of drug-likeness (QED) is 0.529. The predicted octanol–water partition coefficient (Wildman–Crippen LogP) is -0.0702. The highest BCUT2D eigenvalue weighted by Crippen LogP contribution is 2.36. The highest BCUT2D eigenvalue weighted by atomic mass is 16.5. The molecule has 0 aromatic carbocycles. The van der Waals surface area contributed by atoms with E-state index < -0.39 is 35.0 Å². The molecule has 0 aliphatic rings. The molecule has 0 aliphatic carbocycles. The van der Waals surface area contributed by atoms with Crippen LogP contribution in [0.25, 0.3) is 0 Å². The van der Waals surface area contributed by atoms with Crippen LogP contribution in [-0.4, -0.2) is 43.6 Å². The van der Waals surface area contributed by atoms with Crippen molar-refractivity contribution in [2.75, 3.05) is 0 Å². The molecule has 0 radical (unpaired) electrons. The Balaban J connectivity index is 5.84. The Morgan fingerprint density at radius 1 is 0.812 bits per heavy atom. The minimum atomic E-state index is -2.73. The van der Waals surface area contributed by atoms with E-state index in [0.29, 0.717) is 0 Å². The van der Waals surface area contributed by atoms with E-state index in [2.05, 4.69) is 0 Å². The van der Waals surface area contributed by atoms with Gasteiger partial charge < -0.3 is 20.4 Å². The maximum atomic E-state index is 11.0. The minimum Gasteiger partial charge on any atom is -0.479 e. The zero-order valence-corrected chi connectivity index (χ0v) is 9.76. The van der Waals surface area contributed by atoms with Crippen molar-refractivity contribution >= 4 is 11.9 Å². The third kappa shape index (κ3) is 1.78. The highest BCUT2D eigenvalue weighted by Gasteiger charge is 2.63. The lowest BCUT2D eigenvalue weighted by molar-refractivity contribution is -0.225. The van der Waals surface area contributed by atoms with Gasteiger partial charge in [0.1, 0.15) is 0 Å². The molecule has 0 heterocycles. The molecule has 0 rings (SSSR count). The summed E-state index contributed by atoms with van der Waals surface area (Å²) in [5.41, 5.74) is -5.46. The minimum absolute atomic E-state index is 0.950. The first kappa shape index (κ1) is 14.9. The first-order valence-corrected chi connectivity index (χ1v) is 4.94. The van der Waals surface area contributed by atoms with Crippen LogP contribution in [0.1, 0.15) is 27.7 Å². The summed E-state index contributed by atoms with van der Waals surface area (Å²) in [6.45, 7) is 5.35. The van der Waals surface area contributed by atoms with E-state index in [-0.39, 0.29) is 0 Å². The molecule has 0 saturated carbocycles. The molecule has 0 aliphatic heterocycles. The Morgan fingerprint density at radius 2 is 1.00 bits per heavy atom. The second-order valence-corrected chi connectivity index (χ2v) is 4.45. The summed E-state index contributed by atoms with van der Waals surface area (Å²) >= 11 is 0. The lowest BCUT2D eigenvalue weighted by Crippen LogP contribution is -2.68. The summed E-state index contributed by atoms with van der Waals surface area (Å²) < 4.78 is 0. The van der Waals surface area contributed by atoms with E-state index in [1.54, 1.807) is 0 Å². The van der Waals surface area contributed by atoms with Gasteiger partial charge in [-0.3, -0.25) is 0 Å². The number of carboxylic acids is 2. The van der Waals surface area contributed by atoms with Crippen molar-refractivity contribution in [3.8, 4) is 0 Å². The Labute approximate surface area is 93.5 Å². The fraction of sp³-hybridized carbons (Fsp3) is 0.800. The first-order valence-electron chi connectivity index (χ1n) is 4.94. The molecule has 0 aromatic heterocycles. The van der Waals surface area contributed by atoms with E-state index in [4.69, 9.17) is 10.2 Å². The van der Waals surface area contributed by atoms with Crippen LogP contribution in [-0.2, 0) is 9.59 Å². The van der Waals surface area contributed by atoms with Gasteiger partial charge in [-0.25, -0.2) is 9.59 Å². The van der Waals surface area contributed by atoms with Crippen molar-refractivity contribution < 1.29 is 30.0 Å². The van der Waals surface area contributed by atoms with Crippen molar-refractivity contribution in [1.82, 2.24) is 0 Å². The number of carboxylic acid groups (broad SMARTS) is 2. The summed E-state index contributed by atoms with van der Waals surface area (Å²) in [6, 6.07) is 0. The standard InChI is InChI=1S/C10H18O6/c1-5(2)9(15,7(11)12)10(16,6(3)4)8(13)14/h5-6,15-16H,1-4H3,(H,11,12)(H,13,14). The second kappa shape index (κ2) is 4.39. The van der Waals surface area contributed by atoms with Crippen LogP contribution in [0.15, 0.2) is 0 Å². The predicted molar refractivity (Wildman–Crippen MR) is 54.8 cm³/mol. The molecule has 0 amide bonds. The molecule has 0 spiro atoms. The average molecular weight is 234 g/mol. The number of carbonyl (C=O) groups is 2. The smallest absolute Gasteiger partial charge is 0.339 e. The van der Waals surface area contributed by atoms with E-state index in [0.717, 1.165) is 0 Å². The maximum absolute atomic E-state index is 11.0. The Bertz CT molecular complexity index is 268. The largest absolute Gasteiger partial charge is 0.479 e. The Hall–Kier alpha value is -1.14. The summed E-state index contributed by atoms with van der Waals surface area (Å²) in [5.74, 6) is -5.40. The van der Waals surface area contributed by atoms with Crippen LogP contribution in [0.5, 0.6) is 0 Å². The van der Waals surface area contributed by atoms with Gasteiger partial charge in [-0.05, 0) is 11.8 Å². The van der Waals surface area contributed by atoms with Crippen molar-refractivity contribution in [2.24, 2.45) is 11.8 Å². The van der Waals surface area contributed by atoms with Gasteiger partial charge in [0.25, 0.3) is 0 Å². The zero-order chi connectivity index (χ0) is 13.3. The van der Waals surface area contributed by atoms with Gasteiger partial charge in [0.2, 0.25) is 11.2 Å². The average Bonchev–Trinajstić information content (AvgIpc) is 2.13. The fourth-order valence-electron chi connectivity index (χ4n) is 1.70. The first-order chi connectivity index (χ1) is 7.02. The molecule has 0 aromatic rings. The van der Waals surface area contributed by atoms with Crippen LogP contribution in [0.3, 0.4) is 0 Å². The molecule has 6 heteroatoms. The number of aliphatic carboxylic acids is 2. The van der Waals surface area contributed by atoms with E-state index >= 15 is 0 Å². The molecule has 6 nitrogen and oxygen atoms in total. The van der Waals surface area contributed by atoms with Gasteiger partial charge >= 0.3 is 11.9 Å². The third-order valence-corrected chi connectivity index (χ3v) is 2.90.